The van der Waals surface area contributed by atoms with Crippen molar-refractivity contribution in [3.05, 3.63) is 162 Å². The molecule has 6 aromatic rings. The molecule has 0 spiro atoms. The van der Waals surface area contributed by atoms with Crippen LogP contribution in [0.1, 0.15) is 16.7 Å². The molecule has 0 saturated carbocycles. The number of benzene rings is 6. The molecule has 0 unspecified atom stereocenters. The van der Waals surface area contributed by atoms with E-state index in [-0.39, 0.29) is 0 Å². The lowest BCUT2D eigenvalue weighted by Gasteiger charge is -2.26. The summed E-state index contributed by atoms with van der Waals surface area (Å²) in [5.41, 5.74) is 13.4. The minimum atomic E-state index is 1.05. The molecule has 0 aromatic heterocycles. The number of rotatable bonds is 9. The van der Waals surface area contributed by atoms with Gasteiger partial charge in [-0.1, -0.05) is 54.6 Å². The molecule has 0 aliphatic carbocycles. The van der Waals surface area contributed by atoms with Gasteiger partial charge in [0, 0.05) is 51.2 Å². The van der Waals surface area contributed by atoms with Crippen molar-refractivity contribution in [1.82, 2.24) is 0 Å². The van der Waals surface area contributed by atoms with E-state index in [2.05, 4.69) is 187 Å². The number of anilines is 9. The van der Waals surface area contributed by atoms with E-state index in [1.807, 2.05) is 0 Å². The van der Waals surface area contributed by atoms with Gasteiger partial charge in [-0.3, -0.25) is 0 Å². The highest BCUT2D eigenvalue weighted by Crippen LogP contribution is 2.37. The van der Waals surface area contributed by atoms with Gasteiger partial charge in [0.1, 0.15) is 0 Å². The van der Waals surface area contributed by atoms with Gasteiger partial charge in [0.15, 0.2) is 0 Å². The summed E-state index contributed by atoms with van der Waals surface area (Å²) < 4.78 is 0. The second kappa shape index (κ2) is 12.6. The number of hydrogen-bond donors (Lipinski definition) is 3. The van der Waals surface area contributed by atoms with Crippen molar-refractivity contribution in [1.29, 1.82) is 0 Å². The summed E-state index contributed by atoms with van der Waals surface area (Å²) in [6.45, 7) is 6.36. The number of aryl methyl sites for hydroxylation is 3. The third kappa shape index (κ3) is 6.55. The summed E-state index contributed by atoms with van der Waals surface area (Å²) in [7, 11) is 0. The van der Waals surface area contributed by atoms with Crippen molar-refractivity contribution >= 4 is 51.2 Å². The highest BCUT2D eigenvalue weighted by Gasteiger charge is 2.13. The van der Waals surface area contributed by atoms with Crippen LogP contribution in [0.4, 0.5) is 51.2 Å². The largest absolute Gasteiger partial charge is 0.355 e. The van der Waals surface area contributed by atoms with Gasteiger partial charge in [0.05, 0.1) is 0 Å². The molecule has 6 rings (SSSR count). The van der Waals surface area contributed by atoms with Crippen LogP contribution in [-0.2, 0) is 0 Å². The first kappa shape index (κ1) is 27.7. The zero-order valence-electron chi connectivity index (χ0n) is 24.8. The van der Waals surface area contributed by atoms with E-state index in [4.69, 9.17) is 0 Å². The van der Waals surface area contributed by atoms with Crippen LogP contribution in [0.3, 0.4) is 0 Å². The number of nitrogens with zero attached hydrogens (tertiary/aromatic N) is 1. The third-order valence-electron chi connectivity index (χ3n) is 7.65. The van der Waals surface area contributed by atoms with Crippen molar-refractivity contribution in [3.63, 3.8) is 0 Å². The molecule has 0 heterocycles. The minimum absolute atomic E-state index is 1.05. The van der Waals surface area contributed by atoms with E-state index < -0.39 is 0 Å². The van der Waals surface area contributed by atoms with Crippen molar-refractivity contribution in [2.45, 2.75) is 20.8 Å². The smallest absolute Gasteiger partial charge is 0.0463 e. The summed E-state index contributed by atoms with van der Waals surface area (Å²) in [6, 6.07) is 50.8. The first-order chi connectivity index (χ1) is 21.0. The fraction of sp³-hybridized carbons (Fsp3) is 0.0769. The Morgan fingerprint density at radius 1 is 0.326 bits per heavy atom. The van der Waals surface area contributed by atoms with Crippen LogP contribution in [0.25, 0.3) is 0 Å². The standard InChI is InChI=1S/C39H36N4/c1-28-10-4-7-13-37(28)40-31-16-22-34(23-17-31)43(35-24-18-32(19-25-35)41-38-14-8-5-11-29(38)2)36-26-20-33(21-27-36)42-39-15-9-6-12-30(39)3/h4-27,40-42H,1-3H3. The van der Waals surface area contributed by atoms with Crippen molar-refractivity contribution < 1.29 is 0 Å². The van der Waals surface area contributed by atoms with Crippen LogP contribution in [0.2, 0.25) is 0 Å². The van der Waals surface area contributed by atoms with Crippen LogP contribution >= 0.6 is 0 Å². The van der Waals surface area contributed by atoms with E-state index in [9.17, 15) is 0 Å². The Bertz CT molecular complexity index is 1590. The first-order valence-electron chi connectivity index (χ1n) is 14.6. The summed E-state index contributed by atoms with van der Waals surface area (Å²) in [5, 5.41) is 10.7. The van der Waals surface area contributed by atoms with E-state index in [1.54, 1.807) is 0 Å². The molecule has 0 aliphatic heterocycles. The number of nitrogens with one attached hydrogen (secondary N) is 3. The Kier molecular flexibility index (Phi) is 8.10. The van der Waals surface area contributed by atoms with Gasteiger partial charge in [-0.25, -0.2) is 0 Å². The summed E-state index contributed by atoms with van der Waals surface area (Å²) in [5.74, 6) is 0. The molecule has 212 valence electrons. The molecule has 0 amide bonds. The lowest BCUT2D eigenvalue weighted by molar-refractivity contribution is 1.28. The van der Waals surface area contributed by atoms with Crippen LogP contribution in [-0.4, -0.2) is 0 Å². The van der Waals surface area contributed by atoms with Gasteiger partial charge < -0.3 is 20.9 Å². The molecule has 0 aliphatic rings. The predicted octanol–water partition coefficient (Wildman–Crippen LogP) is 11.3. The average Bonchev–Trinajstić information content (AvgIpc) is 3.03. The predicted molar refractivity (Wildman–Crippen MR) is 185 cm³/mol. The average molecular weight is 561 g/mol. The summed E-state index contributed by atoms with van der Waals surface area (Å²) >= 11 is 0. The number of hydrogen-bond acceptors (Lipinski definition) is 4. The number of para-hydroxylation sites is 3. The van der Waals surface area contributed by atoms with Gasteiger partial charge in [-0.05, 0) is 128 Å². The highest BCUT2D eigenvalue weighted by atomic mass is 15.1. The molecular formula is C39H36N4. The van der Waals surface area contributed by atoms with Gasteiger partial charge in [-0.2, -0.15) is 0 Å². The van der Waals surface area contributed by atoms with Crippen LogP contribution < -0.4 is 20.9 Å². The van der Waals surface area contributed by atoms with Gasteiger partial charge in [0.2, 0.25) is 0 Å². The summed E-state index contributed by atoms with van der Waals surface area (Å²) in [6.07, 6.45) is 0. The Morgan fingerprint density at radius 3 is 0.837 bits per heavy atom. The fourth-order valence-electron chi connectivity index (χ4n) is 5.13. The van der Waals surface area contributed by atoms with Crippen LogP contribution in [0.5, 0.6) is 0 Å². The monoisotopic (exact) mass is 560 g/mol. The van der Waals surface area contributed by atoms with Gasteiger partial charge >= 0.3 is 0 Å². The lowest BCUT2D eigenvalue weighted by atomic mass is 10.1. The molecular weight excluding hydrogens is 524 g/mol. The second-order valence-corrected chi connectivity index (χ2v) is 10.8. The normalized spacial score (nSPS) is 10.7. The van der Waals surface area contributed by atoms with Crippen molar-refractivity contribution in [3.8, 4) is 0 Å². The maximum Gasteiger partial charge on any atom is 0.0463 e. The van der Waals surface area contributed by atoms with Gasteiger partial charge in [0.25, 0.3) is 0 Å². The molecule has 4 nitrogen and oxygen atoms in total. The van der Waals surface area contributed by atoms with Gasteiger partial charge in [-0.15, -0.1) is 0 Å². The molecule has 0 bridgehead atoms. The molecule has 43 heavy (non-hydrogen) atoms. The second-order valence-electron chi connectivity index (χ2n) is 10.8. The van der Waals surface area contributed by atoms with E-state index >= 15 is 0 Å². The zero-order valence-corrected chi connectivity index (χ0v) is 24.8. The van der Waals surface area contributed by atoms with E-state index in [0.717, 1.165) is 51.2 Å². The van der Waals surface area contributed by atoms with Crippen molar-refractivity contribution in [2.75, 3.05) is 20.9 Å². The SMILES string of the molecule is Cc1ccccc1Nc1ccc(N(c2ccc(Nc3ccccc3C)cc2)c2ccc(Nc3ccccc3C)cc2)cc1. The van der Waals surface area contributed by atoms with E-state index in [0.29, 0.717) is 0 Å². The van der Waals surface area contributed by atoms with Crippen LogP contribution in [0, 0.1) is 20.8 Å². The Hall–Kier alpha value is -5.48. The molecule has 0 atom stereocenters. The maximum atomic E-state index is 3.55. The lowest BCUT2D eigenvalue weighted by Crippen LogP contribution is -2.10. The molecule has 0 fully saturated rings. The van der Waals surface area contributed by atoms with Crippen molar-refractivity contribution in [2.24, 2.45) is 0 Å². The molecule has 4 heteroatoms. The quantitative estimate of drug-likeness (QED) is 0.164. The highest BCUT2D eigenvalue weighted by molar-refractivity contribution is 5.80. The zero-order chi connectivity index (χ0) is 29.6. The van der Waals surface area contributed by atoms with Crippen LogP contribution in [0.15, 0.2) is 146 Å². The Labute approximate surface area is 254 Å². The maximum absolute atomic E-state index is 3.55. The molecule has 6 aromatic carbocycles. The third-order valence-corrected chi connectivity index (χ3v) is 7.65. The Balaban J connectivity index is 1.30. The Morgan fingerprint density at radius 2 is 0.581 bits per heavy atom. The summed E-state index contributed by atoms with van der Waals surface area (Å²) in [4.78, 5) is 2.28. The molecule has 0 radical (unpaired) electrons. The fourth-order valence-corrected chi connectivity index (χ4v) is 5.13. The molecule has 0 saturated heterocycles. The minimum Gasteiger partial charge on any atom is -0.355 e. The molecule has 3 N–H and O–H groups in total. The van der Waals surface area contributed by atoms with E-state index in [1.165, 1.54) is 16.7 Å². The first-order valence-corrected chi connectivity index (χ1v) is 14.6. The topological polar surface area (TPSA) is 39.3 Å².